The van der Waals surface area contributed by atoms with Crippen LogP contribution in [0, 0.1) is 0 Å². The number of aliphatic hydroxyl groups excluding tert-OH is 1. The zero-order valence-electron chi connectivity index (χ0n) is 17.7. The molecule has 0 bridgehead atoms. The number of alkyl halides is 2. The Morgan fingerprint density at radius 1 is 1.41 bits per heavy atom. The van der Waals surface area contributed by atoms with Gasteiger partial charge in [0.25, 0.3) is 17.7 Å². The minimum absolute atomic E-state index is 0.0440. The van der Waals surface area contributed by atoms with Gasteiger partial charge in [0.15, 0.2) is 6.61 Å². The van der Waals surface area contributed by atoms with Gasteiger partial charge in [-0.2, -0.15) is 0 Å². The highest BCUT2D eigenvalue weighted by molar-refractivity contribution is 6.32. The molecule has 7 nitrogen and oxygen atoms in total. The van der Waals surface area contributed by atoms with E-state index in [1.165, 1.54) is 12.3 Å². The van der Waals surface area contributed by atoms with Crippen LogP contribution in [0.1, 0.15) is 58.3 Å². The summed E-state index contributed by atoms with van der Waals surface area (Å²) in [6.07, 6.45) is 1.83. The number of hydrogen-bond acceptors (Lipinski definition) is 5. The molecule has 3 rings (SSSR count). The number of benzene rings is 1. The molecule has 172 valence electrons. The molecule has 2 N–H and O–H groups in total. The van der Waals surface area contributed by atoms with E-state index in [0.717, 1.165) is 6.92 Å². The van der Waals surface area contributed by atoms with Crippen molar-refractivity contribution in [3.63, 3.8) is 0 Å². The molecule has 1 aliphatic rings. The highest BCUT2D eigenvalue weighted by atomic mass is 35.5. The van der Waals surface area contributed by atoms with Crippen LogP contribution in [-0.2, 0) is 6.54 Å². The summed E-state index contributed by atoms with van der Waals surface area (Å²) in [5.74, 6) is -3.51. The predicted octanol–water partition coefficient (Wildman–Crippen LogP) is 3.60. The number of fused-ring (bicyclic) bond motifs is 1. The molecule has 2 heterocycles. The summed E-state index contributed by atoms with van der Waals surface area (Å²) >= 11 is 6.21. The number of ether oxygens (including phenoxy) is 1. The lowest BCUT2D eigenvalue weighted by atomic mass is 10.1. The van der Waals surface area contributed by atoms with Crippen LogP contribution in [0.15, 0.2) is 30.5 Å². The Bertz CT molecular complexity index is 1010. The molecule has 0 fully saturated rings. The second-order valence-corrected chi connectivity index (χ2v) is 8.08. The van der Waals surface area contributed by atoms with Crippen molar-refractivity contribution < 1.29 is 28.2 Å². The van der Waals surface area contributed by atoms with E-state index in [9.17, 15) is 18.4 Å². The topological polar surface area (TPSA) is 91.8 Å². The first kappa shape index (κ1) is 23.9. The van der Waals surface area contributed by atoms with Crippen LogP contribution in [0.4, 0.5) is 8.78 Å². The SMILES string of the molecule is CC(c1ccc(OCC(C)(F)F)c(Cl)c1)N1Cc2c(ccnc2C(=O)NCCCO)C1=O. The summed E-state index contributed by atoms with van der Waals surface area (Å²) < 4.78 is 31.2. The maximum atomic E-state index is 13.0. The lowest BCUT2D eigenvalue weighted by molar-refractivity contribution is -0.0229. The summed E-state index contributed by atoms with van der Waals surface area (Å²) in [6.45, 7) is 2.21. The Labute approximate surface area is 189 Å². The number of rotatable bonds is 9. The van der Waals surface area contributed by atoms with Gasteiger partial charge >= 0.3 is 0 Å². The minimum Gasteiger partial charge on any atom is -0.486 e. The zero-order valence-corrected chi connectivity index (χ0v) is 18.5. The third-order valence-electron chi connectivity index (χ3n) is 5.10. The largest absolute Gasteiger partial charge is 0.486 e. The summed E-state index contributed by atoms with van der Waals surface area (Å²) in [7, 11) is 0. The van der Waals surface area contributed by atoms with Crippen molar-refractivity contribution in [3.05, 3.63) is 57.9 Å². The van der Waals surface area contributed by atoms with Crippen LogP contribution in [0.2, 0.25) is 5.02 Å². The van der Waals surface area contributed by atoms with Gasteiger partial charge < -0.3 is 20.1 Å². The van der Waals surface area contributed by atoms with Gasteiger partial charge in [0, 0.05) is 43.9 Å². The molecule has 0 spiro atoms. The number of carbonyl (C=O) groups excluding carboxylic acids is 2. The number of amides is 2. The van der Waals surface area contributed by atoms with Crippen molar-refractivity contribution in [2.45, 2.75) is 38.8 Å². The molecule has 0 saturated heterocycles. The lowest BCUT2D eigenvalue weighted by Gasteiger charge is -2.25. The zero-order chi connectivity index (χ0) is 23.5. The highest BCUT2D eigenvalue weighted by Crippen LogP contribution is 2.35. The van der Waals surface area contributed by atoms with Crippen molar-refractivity contribution in [1.29, 1.82) is 0 Å². The van der Waals surface area contributed by atoms with Gasteiger partial charge in [-0.05, 0) is 37.1 Å². The van der Waals surface area contributed by atoms with E-state index in [2.05, 4.69) is 10.3 Å². The van der Waals surface area contributed by atoms with Gasteiger partial charge in [0.2, 0.25) is 0 Å². The Hall–Kier alpha value is -2.78. The lowest BCUT2D eigenvalue weighted by Crippen LogP contribution is -2.28. The van der Waals surface area contributed by atoms with Gasteiger partial charge in [-0.1, -0.05) is 17.7 Å². The van der Waals surface area contributed by atoms with Crippen LogP contribution >= 0.6 is 11.6 Å². The Kier molecular flexibility index (Phi) is 7.30. The Balaban J connectivity index is 1.77. The molecular formula is C22H24ClF2N3O4. The van der Waals surface area contributed by atoms with Gasteiger partial charge in [-0.3, -0.25) is 14.6 Å². The molecule has 32 heavy (non-hydrogen) atoms. The third kappa shape index (κ3) is 5.34. The first-order valence-corrected chi connectivity index (χ1v) is 10.5. The van der Waals surface area contributed by atoms with Gasteiger partial charge in [-0.25, -0.2) is 8.78 Å². The first-order valence-electron chi connectivity index (χ1n) is 10.1. The van der Waals surface area contributed by atoms with Crippen LogP contribution in [0.25, 0.3) is 0 Å². The fourth-order valence-corrected chi connectivity index (χ4v) is 3.64. The number of aromatic nitrogens is 1. The molecule has 2 amide bonds. The van der Waals surface area contributed by atoms with E-state index in [0.29, 0.717) is 29.7 Å². The predicted molar refractivity (Wildman–Crippen MR) is 114 cm³/mol. The highest BCUT2D eigenvalue weighted by Gasteiger charge is 2.35. The maximum Gasteiger partial charge on any atom is 0.278 e. The van der Waals surface area contributed by atoms with Gasteiger partial charge in [-0.15, -0.1) is 0 Å². The van der Waals surface area contributed by atoms with Crippen molar-refractivity contribution >= 4 is 23.4 Å². The summed E-state index contributed by atoms with van der Waals surface area (Å²) in [4.78, 5) is 31.2. The van der Waals surface area contributed by atoms with Crippen molar-refractivity contribution in [2.75, 3.05) is 19.8 Å². The normalized spacial score (nSPS) is 14.3. The van der Waals surface area contributed by atoms with Crippen LogP contribution < -0.4 is 10.1 Å². The average molecular weight is 468 g/mol. The fourth-order valence-electron chi connectivity index (χ4n) is 3.40. The summed E-state index contributed by atoms with van der Waals surface area (Å²) in [5, 5.41) is 11.7. The smallest absolute Gasteiger partial charge is 0.278 e. The molecular weight excluding hydrogens is 444 g/mol. The van der Waals surface area contributed by atoms with E-state index in [4.69, 9.17) is 21.4 Å². The Morgan fingerprint density at radius 2 is 2.16 bits per heavy atom. The van der Waals surface area contributed by atoms with Crippen LogP contribution in [-0.4, -0.2) is 52.5 Å². The molecule has 1 atom stereocenters. The molecule has 0 saturated carbocycles. The van der Waals surface area contributed by atoms with Crippen LogP contribution in [0.3, 0.4) is 0 Å². The summed E-state index contributed by atoms with van der Waals surface area (Å²) in [6, 6.07) is 5.90. The molecule has 1 aromatic heterocycles. The van der Waals surface area contributed by atoms with E-state index < -0.39 is 24.5 Å². The Morgan fingerprint density at radius 3 is 2.81 bits per heavy atom. The quantitative estimate of drug-likeness (QED) is 0.550. The number of halogens is 3. The first-order chi connectivity index (χ1) is 15.1. The summed E-state index contributed by atoms with van der Waals surface area (Å²) in [5.41, 5.74) is 1.79. The van der Waals surface area contributed by atoms with E-state index in [1.54, 1.807) is 23.1 Å². The van der Waals surface area contributed by atoms with Gasteiger partial charge in [0.05, 0.1) is 11.1 Å². The minimum atomic E-state index is -2.99. The van der Waals surface area contributed by atoms with E-state index in [1.807, 2.05) is 6.92 Å². The average Bonchev–Trinajstić information content (AvgIpc) is 3.08. The number of aliphatic hydroxyl groups is 1. The standard InChI is InChI=1S/C22H24ClF2N3O4/c1-13(14-4-5-18(17(23)10-14)32-12-22(2,24)25)28-11-16-15(21(28)31)6-8-26-19(16)20(30)27-7-3-9-29/h4-6,8,10,13,29H,3,7,9,11-12H2,1-2H3,(H,27,30). The number of carbonyl (C=O) groups is 2. The van der Waals surface area contributed by atoms with Crippen molar-refractivity contribution in [2.24, 2.45) is 0 Å². The molecule has 1 aliphatic heterocycles. The second kappa shape index (κ2) is 9.79. The molecule has 1 aromatic carbocycles. The van der Waals surface area contributed by atoms with Crippen LogP contribution in [0.5, 0.6) is 5.75 Å². The number of hydrogen-bond donors (Lipinski definition) is 2. The third-order valence-corrected chi connectivity index (χ3v) is 5.39. The number of pyridine rings is 1. The van der Waals surface area contributed by atoms with Crippen molar-refractivity contribution in [1.82, 2.24) is 15.2 Å². The van der Waals surface area contributed by atoms with E-state index >= 15 is 0 Å². The van der Waals surface area contributed by atoms with Gasteiger partial charge in [0.1, 0.15) is 11.4 Å². The van der Waals surface area contributed by atoms with Crippen molar-refractivity contribution in [3.8, 4) is 5.75 Å². The molecule has 0 radical (unpaired) electrons. The maximum absolute atomic E-state index is 13.0. The monoisotopic (exact) mass is 467 g/mol. The number of nitrogens with one attached hydrogen (secondary N) is 1. The fraction of sp³-hybridized carbons (Fsp3) is 0.409. The molecule has 10 heteroatoms. The number of nitrogens with zero attached hydrogens (tertiary/aromatic N) is 2. The second-order valence-electron chi connectivity index (χ2n) is 7.68. The van der Waals surface area contributed by atoms with E-state index in [-0.39, 0.29) is 35.5 Å². The molecule has 1 unspecified atom stereocenters. The molecule has 0 aliphatic carbocycles. The molecule has 2 aromatic rings.